The average molecular weight is 500 g/mol. The van der Waals surface area contributed by atoms with Crippen LogP contribution in [0.25, 0.3) is 0 Å². The summed E-state index contributed by atoms with van der Waals surface area (Å²) in [5.74, 6) is -0.123. The first kappa shape index (κ1) is 26.5. The van der Waals surface area contributed by atoms with Gasteiger partial charge >= 0.3 is 0 Å². The molecule has 9 nitrogen and oxygen atoms in total. The summed E-state index contributed by atoms with van der Waals surface area (Å²) in [6, 6.07) is 13.6. The van der Waals surface area contributed by atoms with Crippen LogP contribution in [0.4, 0.5) is 11.4 Å². The van der Waals surface area contributed by atoms with Crippen molar-refractivity contribution >= 4 is 27.3 Å². The molecule has 1 saturated heterocycles. The van der Waals surface area contributed by atoms with E-state index in [9.17, 15) is 18.5 Å². The average Bonchev–Trinajstić information content (AvgIpc) is 2.88. The molecular weight excluding hydrogens is 466 g/mol. The van der Waals surface area contributed by atoms with Gasteiger partial charge in [0.15, 0.2) is 6.61 Å². The van der Waals surface area contributed by atoms with Crippen LogP contribution in [0, 0.1) is 11.3 Å². The maximum absolute atomic E-state index is 13.1. The van der Waals surface area contributed by atoms with E-state index in [-0.39, 0.29) is 11.5 Å². The van der Waals surface area contributed by atoms with E-state index in [1.165, 1.54) is 10.4 Å². The number of nitriles is 1. The Kier molecular flexibility index (Phi) is 9.09. The number of carbonyl (C=O) groups is 1. The van der Waals surface area contributed by atoms with Crippen LogP contribution in [0.3, 0.4) is 0 Å². The highest BCUT2D eigenvalue weighted by molar-refractivity contribution is 7.89. The van der Waals surface area contributed by atoms with E-state index in [2.05, 4.69) is 22.0 Å². The Bertz CT molecular complexity index is 1170. The van der Waals surface area contributed by atoms with Crippen LogP contribution in [0.1, 0.15) is 26.3 Å². The number of amides is 1. The van der Waals surface area contributed by atoms with E-state index in [0.29, 0.717) is 30.1 Å². The SMILES string of the molecule is CCN1CCN(c2ccc(S(=O)(=O)N(CC)CC)cc2NC(=O)COc2ccccc2C#N)CC1. The van der Waals surface area contributed by atoms with Crippen molar-refractivity contribution < 1.29 is 17.9 Å². The second-order valence-corrected chi connectivity index (χ2v) is 10.1. The van der Waals surface area contributed by atoms with Gasteiger partial charge in [0, 0.05) is 39.3 Å². The lowest BCUT2D eigenvalue weighted by Gasteiger charge is -2.36. The number of nitrogens with zero attached hydrogens (tertiary/aromatic N) is 4. The fourth-order valence-electron chi connectivity index (χ4n) is 4.08. The number of hydrogen-bond donors (Lipinski definition) is 1. The molecule has 1 heterocycles. The number of carbonyl (C=O) groups excluding carboxylic acids is 1. The normalized spacial score (nSPS) is 14.5. The first-order valence-corrected chi connectivity index (χ1v) is 13.3. The minimum absolute atomic E-state index is 0.128. The number of benzene rings is 2. The first-order valence-electron chi connectivity index (χ1n) is 11.9. The minimum atomic E-state index is -3.70. The van der Waals surface area contributed by atoms with Crippen LogP contribution in [-0.4, -0.2) is 76.0 Å². The van der Waals surface area contributed by atoms with E-state index in [1.807, 2.05) is 6.07 Å². The molecule has 1 N–H and O–H groups in total. The predicted molar refractivity (Wildman–Crippen MR) is 136 cm³/mol. The van der Waals surface area contributed by atoms with Gasteiger partial charge in [-0.3, -0.25) is 4.79 Å². The Morgan fingerprint density at radius 1 is 1.09 bits per heavy atom. The van der Waals surface area contributed by atoms with Gasteiger partial charge in [-0.05, 0) is 36.9 Å². The lowest BCUT2D eigenvalue weighted by Crippen LogP contribution is -2.46. The van der Waals surface area contributed by atoms with Gasteiger partial charge in [-0.1, -0.05) is 32.9 Å². The van der Waals surface area contributed by atoms with Crippen molar-refractivity contribution in [3.63, 3.8) is 0 Å². The third kappa shape index (κ3) is 6.31. The summed E-state index contributed by atoms with van der Waals surface area (Å²) in [7, 11) is -3.70. The number of rotatable bonds is 10. The van der Waals surface area contributed by atoms with Crippen molar-refractivity contribution in [3.05, 3.63) is 48.0 Å². The molecule has 2 aromatic rings. The Labute approximate surface area is 207 Å². The predicted octanol–water partition coefficient (Wildman–Crippen LogP) is 2.75. The molecule has 188 valence electrons. The van der Waals surface area contributed by atoms with Crippen LogP contribution in [0.2, 0.25) is 0 Å². The number of para-hydroxylation sites is 1. The molecule has 0 spiro atoms. The number of anilines is 2. The zero-order valence-corrected chi connectivity index (χ0v) is 21.3. The van der Waals surface area contributed by atoms with E-state index in [1.54, 1.807) is 50.2 Å². The minimum Gasteiger partial charge on any atom is -0.482 e. The fraction of sp³-hybridized carbons (Fsp3) is 0.440. The van der Waals surface area contributed by atoms with Crippen LogP contribution in [-0.2, 0) is 14.8 Å². The summed E-state index contributed by atoms with van der Waals surface area (Å²) < 4.78 is 33.2. The van der Waals surface area contributed by atoms with Crippen molar-refractivity contribution in [2.75, 3.05) is 62.6 Å². The van der Waals surface area contributed by atoms with Crippen molar-refractivity contribution in [2.45, 2.75) is 25.7 Å². The highest BCUT2D eigenvalue weighted by atomic mass is 32.2. The van der Waals surface area contributed by atoms with E-state index in [4.69, 9.17) is 4.74 Å². The molecule has 0 atom stereocenters. The Morgan fingerprint density at radius 3 is 2.40 bits per heavy atom. The Hall–Kier alpha value is -3.13. The highest BCUT2D eigenvalue weighted by Crippen LogP contribution is 2.31. The molecule has 35 heavy (non-hydrogen) atoms. The van der Waals surface area contributed by atoms with Crippen LogP contribution in [0.5, 0.6) is 5.75 Å². The van der Waals surface area contributed by atoms with Gasteiger partial charge in [-0.2, -0.15) is 9.57 Å². The van der Waals surface area contributed by atoms with Crippen molar-refractivity contribution in [3.8, 4) is 11.8 Å². The zero-order valence-electron chi connectivity index (χ0n) is 20.5. The second kappa shape index (κ2) is 12.0. The Morgan fingerprint density at radius 2 is 1.77 bits per heavy atom. The third-order valence-electron chi connectivity index (χ3n) is 6.11. The standard InChI is InChI=1S/C25H33N5O4S/c1-4-28-13-15-29(16-14-28)23-12-11-21(35(32,33)30(5-2)6-3)17-22(23)27-25(31)19-34-24-10-8-7-9-20(24)18-26/h7-12,17H,4-6,13-16,19H2,1-3H3,(H,27,31). The molecule has 0 saturated carbocycles. The van der Waals surface area contributed by atoms with Crippen LogP contribution >= 0.6 is 0 Å². The smallest absolute Gasteiger partial charge is 0.262 e. The zero-order chi connectivity index (χ0) is 25.4. The molecule has 10 heteroatoms. The Balaban J connectivity index is 1.87. The van der Waals surface area contributed by atoms with Gasteiger partial charge in [-0.15, -0.1) is 0 Å². The lowest BCUT2D eigenvalue weighted by molar-refractivity contribution is -0.118. The highest BCUT2D eigenvalue weighted by Gasteiger charge is 2.25. The van der Waals surface area contributed by atoms with E-state index >= 15 is 0 Å². The molecule has 2 aromatic carbocycles. The van der Waals surface area contributed by atoms with Gasteiger partial charge < -0.3 is 19.9 Å². The van der Waals surface area contributed by atoms with Crippen molar-refractivity contribution in [2.24, 2.45) is 0 Å². The van der Waals surface area contributed by atoms with Gasteiger partial charge in [-0.25, -0.2) is 8.42 Å². The number of hydrogen-bond acceptors (Lipinski definition) is 7. The summed E-state index contributed by atoms with van der Waals surface area (Å²) >= 11 is 0. The summed E-state index contributed by atoms with van der Waals surface area (Å²) in [5, 5.41) is 12.1. The number of sulfonamides is 1. The van der Waals surface area contributed by atoms with Crippen LogP contribution < -0.4 is 15.0 Å². The number of ether oxygens (including phenoxy) is 1. The molecule has 3 rings (SSSR count). The fourth-order valence-corrected chi connectivity index (χ4v) is 5.57. The quantitative estimate of drug-likeness (QED) is 0.536. The number of nitrogens with one attached hydrogen (secondary N) is 1. The number of likely N-dealkylation sites (N-methyl/N-ethyl adjacent to an activating group) is 1. The molecule has 0 bridgehead atoms. The molecule has 1 aliphatic heterocycles. The third-order valence-corrected chi connectivity index (χ3v) is 8.16. The van der Waals surface area contributed by atoms with E-state index < -0.39 is 15.9 Å². The summed E-state index contributed by atoms with van der Waals surface area (Å²) in [6.07, 6.45) is 0. The summed E-state index contributed by atoms with van der Waals surface area (Å²) in [6.45, 7) is 10.4. The summed E-state index contributed by atoms with van der Waals surface area (Å²) in [4.78, 5) is 17.4. The largest absolute Gasteiger partial charge is 0.482 e. The van der Waals surface area contributed by atoms with Crippen LogP contribution in [0.15, 0.2) is 47.4 Å². The number of piperazine rings is 1. The molecule has 0 unspecified atom stereocenters. The monoisotopic (exact) mass is 499 g/mol. The van der Waals surface area contributed by atoms with Gasteiger partial charge in [0.2, 0.25) is 10.0 Å². The molecule has 0 radical (unpaired) electrons. The van der Waals surface area contributed by atoms with Crippen molar-refractivity contribution in [1.29, 1.82) is 5.26 Å². The summed E-state index contributed by atoms with van der Waals surface area (Å²) in [5.41, 5.74) is 1.53. The molecule has 1 amide bonds. The first-order chi connectivity index (χ1) is 16.8. The van der Waals surface area contributed by atoms with Gasteiger partial charge in [0.25, 0.3) is 5.91 Å². The molecule has 1 aliphatic rings. The maximum Gasteiger partial charge on any atom is 0.262 e. The molecule has 0 aromatic heterocycles. The molecular formula is C25H33N5O4S. The topological polar surface area (TPSA) is 106 Å². The van der Waals surface area contributed by atoms with Gasteiger partial charge in [0.1, 0.15) is 11.8 Å². The molecule has 0 aliphatic carbocycles. The lowest BCUT2D eigenvalue weighted by atomic mass is 10.2. The van der Waals surface area contributed by atoms with Crippen molar-refractivity contribution in [1.82, 2.24) is 9.21 Å². The maximum atomic E-state index is 13.1. The van der Waals surface area contributed by atoms with Gasteiger partial charge in [0.05, 0.1) is 21.8 Å². The van der Waals surface area contributed by atoms with E-state index in [0.717, 1.165) is 38.4 Å². The molecule has 1 fully saturated rings. The second-order valence-electron chi connectivity index (χ2n) is 8.13.